The Hall–Kier alpha value is -2.09. The Kier molecular flexibility index (Phi) is 4.80. The van der Waals surface area contributed by atoms with Crippen LogP contribution in [0.3, 0.4) is 0 Å². The zero-order valence-electron chi connectivity index (χ0n) is 9.19. The van der Waals surface area contributed by atoms with Crippen molar-refractivity contribution in [2.45, 2.75) is 13.3 Å². The van der Waals surface area contributed by atoms with Crippen LogP contribution in [0, 0.1) is 11.8 Å². The molecule has 0 aliphatic rings. The van der Waals surface area contributed by atoms with Crippen molar-refractivity contribution >= 4 is 5.97 Å². The van der Waals surface area contributed by atoms with Gasteiger partial charge in [-0.15, -0.1) is 0 Å². The van der Waals surface area contributed by atoms with Crippen molar-refractivity contribution in [3.05, 3.63) is 18.0 Å². The normalized spacial score (nSPS) is 8.88. The molecule has 0 radical (unpaired) electrons. The molecule has 0 aliphatic heterocycles. The summed E-state index contributed by atoms with van der Waals surface area (Å²) >= 11 is 0. The number of hydrogen-bond acceptors (Lipinski definition) is 5. The standard InChI is InChI=1S/C11H12N2O3/c1-3-16-11-12-7-9(8-13-11)5-4-6-10(14)15-2/h7-8H,3,6H2,1-2H3. The van der Waals surface area contributed by atoms with Gasteiger partial charge in [-0.05, 0) is 6.92 Å². The molecule has 0 aliphatic carbocycles. The van der Waals surface area contributed by atoms with E-state index in [1.165, 1.54) is 7.11 Å². The fourth-order valence-electron chi connectivity index (χ4n) is 0.875. The summed E-state index contributed by atoms with van der Waals surface area (Å²) in [6.07, 6.45) is 3.15. The highest BCUT2D eigenvalue weighted by Crippen LogP contribution is 2.00. The van der Waals surface area contributed by atoms with Gasteiger partial charge in [-0.1, -0.05) is 11.8 Å². The van der Waals surface area contributed by atoms with Gasteiger partial charge in [0.2, 0.25) is 0 Å². The zero-order chi connectivity index (χ0) is 11.8. The molecule has 1 rings (SSSR count). The Morgan fingerprint density at radius 1 is 1.44 bits per heavy atom. The van der Waals surface area contributed by atoms with E-state index in [9.17, 15) is 4.79 Å². The molecule has 0 N–H and O–H groups in total. The minimum absolute atomic E-state index is 0.0592. The van der Waals surface area contributed by atoms with E-state index in [1.54, 1.807) is 12.4 Å². The average Bonchev–Trinajstić information content (AvgIpc) is 2.31. The van der Waals surface area contributed by atoms with Crippen LogP contribution in [0.25, 0.3) is 0 Å². The smallest absolute Gasteiger partial charge is 0.317 e. The van der Waals surface area contributed by atoms with Crippen LogP contribution in [0.5, 0.6) is 6.01 Å². The summed E-state index contributed by atoms with van der Waals surface area (Å²) in [5, 5.41) is 0. The topological polar surface area (TPSA) is 61.3 Å². The van der Waals surface area contributed by atoms with E-state index in [1.807, 2.05) is 6.92 Å². The first kappa shape index (κ1) is 12.0. The van der Waals surface area contributed by atoms with Crippen molar-refractivity contribution in [1.29, 1.82) is 0 Å². The van der Waals surface area contributed by atoms with Crippen LogP contribution in [0.1, 0.15) is 18.9 Å². The summed E-state index contributed by atoms with van der Waals surface area (Å²) in [7, 11) is 1.32. The van der Waals surface area contributed by atoms with E-state index in [4.69, 9.17) is 4.74 Å². The highest BCUT2D eigenvalue weighted by Gasteiger charge is 1.96. The fraction of sp³-hybridized carbons (Fsp3) is 0.364. The Morgan fingerprint density at radius 3 is 2.69 bits per heavy atom. The van der Waals surface area contributed by atoms with E-state index in [0.717, 1.165) is 0 Å². The molecule has 1 heterocycles. The first-order valence-electron chi connectivity index (χ1n) is 4.76. The van der Waals surface area contributed by atoms with Crippen molar-refractivity contribution in [2.24, 2.45) is 0 Å². The van der Waals surface area contributed by atoms with E-state index in [-0.39, 0.29) is 12.4 Å². The molecule has 84 valence electrons. The van der Waals surface area contributed by atoms with E-state index >= 15 is 0 Å². The highest BCUT2D eigenvalue weighted by molar-refractivity contribution is 5.72. The molecule has 0 aromatic carbocycles. The maximum absolute atomic E-state index is 10.8. The Labute approximate surface area is 93.8 Å². The SMILES string of the molecule is CCOc1ncc(C#CCC(=O)OC)cn1. The molecule has 0 unspecified atom stereocenters. The van der Waals surface area contributed by atoms with Crippen molar-refractivity contribution in [3.63, 3.8) is 0 Å². The van der Waals surface area contributed by atoms with Crippen LogP contribution >= 0.6 is 0 Å². The number of ether oxygens (including phenoxy) is 2. The fourth-order valence-corrected chi connectivity index (χ4v) is 0.875. The van der Waals surface area contributed by atoms with Crippen LogP contribution in [-0.4, -0.2) is 29.7 Å². The van der Waals surface area contributed by atoms with Crippen molar-refractivity contribution < 1.29 is 14.3 Å². The summed E-state index contributed by atoms with van der Waals surface area (Å²) < 4.78 is 9.52. The van der Waals surface area contributed by atoms with Crippen LogP contribution in [0.2, 0.25) is 0 Å². The molecule has 5 heteroatoms. The van der Waals surface area contributed by atoms with E-state index < -0.39 is 0 Å². The lowest BCUT2D eigenvalue weighted by atomic mass is 10.3. The average molecular weight is 220 g/mol. The molecule has 16 heavy (non-hydrogen) atoms. The summed E-state index contributed by atoms with van der Waals surface area (Å²) in [6.45, 7) is 2.38. The van der Waals surface area contributed by atoms with Gasteiger partial charge < -0.3 is 9.47 Å². The third-order valence-electron chi connectivity index (χ3n) is 1.59. The monoisotopic (exact) mass is 220 g/mol. The molecule has 5 nitrogen and oxygen atoms in total. The minimum Gasteiger partial charge on any atom is -0.468 e. The lowest BCUT2D eigenvalue weighted by molar-refractivity contribution is -0.139. The number of hydrogen-bond donors (Lipinski definition) is 0. The summed E-state index contributed by atoms with van der Waals surface area (Å²) in [4.78, 5) is 18.6. The maximum Gasteiger partial charge on any atom is 0.317 e. The number of carbonyl (C=O) groups is 1. The van der Waals surface area contributed by atoms with Crippen LogP contribution in [0.15, 0.2) is 12.4 Å². The second-order valence-corrected chi connectivity index (χ2v) is 2.74. The predicted octanol–water partition coefficient (Wildman–Crippen LogP) is 0.790. The van der Waals surface area contributed by atoms with Crippen LogP contribution < -0.4 is 4.74 Å². The zero-order valence-corrected chi connectivity index (χ0v) is 9.19. The summed E-state index contributed by atoms with van der Waals surface area (Å²) in [5.74, 6) is 5.04. The molecule has 0 bridgehead atoms. The molecule has 0 fully saturated rings. The predicted molar refractivity (Wildman–Crippen MR) is 56.7 cm³/mol. The first-order chi connectivity index (χ1) is 7.76. The molecular formula is C11H12N2O3. The summed E-state index contributed by atoms with van der Waals surface area (Å²) in [5.41, 5.74) is 0.632. The third kappa shape index (κ3) is 3.96. The Morgan fingerprint density at radius 2 is 2.12 bits per heavy atom. The molecule has 0 saturated carbocycles. The molecule has 0 spiro atoms. The quantitative estimate of drug-likeness (QED) is 0.556. The second kappa shape index (κ2) is 6.40. The van der Waals surface area contributed by atoms with Gasteiger partial charge in [0.25, 0.3) is 0 Å². The molecule has 0 amide bonds. The summed E-state index contributed by atoms with van der Waals surface area (Å²) in [6, 6.07) is 0.320. The largest absolute Gasteiger partial charge is 0.468 e. The molecule has 1 aromatic rings. The van der Waals surface area contributed by atoms with Gasteiger partial charge in [0, 0.05) is 12.4 Å². The van der Waals surface area contributed by atoms with E-state index in [0.29, 0.717) is 18.2 Å². The number of esters is 1. The van der Waals surface area contributed by atoms with Crippen LogP contribution in [-0.2, 0) is 9.53 Å². The lowest BCUT2D eigenvalue weighted by Crippen LogP contribution is -1.98. The number of nitrogens with zero attached hydrogens (tertiary/aromatic N) is 2. The molecule has 0 atom stereocenters. The van der Waals surface area contributed by atoms with Gasteiger partial charge in [0.1, 0.15) is 6.42 Å². The van der Waals surface area contributed by atoms with Crippen molar-refractivity contribution in [3.8, 4) is 17.9 Å². The van der Waals surface area contributed by atoms with Crippen LogP contribution in [0.4, 0.5) is 0 Å². The Bertz CT molecular complexity index is 403. The maximum atomic E-state index is 10.8. The number of aromatic nitrogens is 2. The third-order valence-corrected chi connectivity index (χ3v) is 1.59. The van der Waals surface area contributed by atoms with Crippen molar-refractivity contribution in [2.75, 3.05) is 13.7 Å². The van der Waals surface area contributed by atoms with E-state index in [2.05, 4.69) is 26.5 Å². The van der Waals surface area contributed by atoms with Gasteiger partial charge in [0.15, 0.2) is 0 Å². The number of methoxy groups -OCH3 is 1. The van der Waals surface area contributed by atoms with Gasteiger partial charge in [0.05, 0.1) is 19.3 Å². The molecular weight excluding hydrogens is 208 g/mol. The highest BCUT2D eigenvalue weighted by atomic mass is 16.5. The molecule has 1 aromatic heterocycles. The number of rotatable bonds is 3. The number of carbonyl (C=O) groups excluding carboxylic acids is 1. The minimum atomic E-state index is -0.362. The Balaban J connectivity index is 2.57. The van der Waals surface area contributed by atoms with Gasteiger partial charge >= 0.3 is 12.0 Å². The van der Waals surface area contributed by atoms with Gasteiger partial charge in [-0.25, -0.2) is 9.97 Å². The first-order valence-corrected chi connectivity index (χ1v) is 4.76. The van der Waals surface area contributed by atoms with Crippen molar-refractivity contribution in [1.82, 2.24) is 9.97 Å². The second-order valence-electron chi connectivity index (χ2n) is 2.74. The van der Waals surface area contributed by atoms with Gasteiger partial charge in [-0.2, -0.15) is 0 Å². The lowest BCUT2D eigenvalue weighted by Gasteiger charge is -1.98. The molecule has 0 saturated heterocycles. The van der Waals surface area contributed by atoms with Gasteiger partial charge in [-0.3, -0.25) is 4.79 Å².